The third kappa shape index (κ3) is 2.80. The zero-order chi connectivity index (χ0) is 8.10. The van der Waals surface area contributed by atoms with Crippen LogP contribution >= 0.6 is 0 Å². The third-order valence-electron chi connectivity index (χ3n) is 2.38. The van der Waals surface area contributed by atoms with Gasteiger partial charge in [-0.05, 0) is 25.7 Å². The van der Waals surface area contributed by atoms with Gasteiger partial charge in [0.2, 0.25) is 0 Å². The Morgan fingerprint density at radius 3 is 2.55 bits per heavy atom. The molecule has 0 bridgehead atoms. The molecular formula is C9H19NO. The molecule has 0 saturated carbocycles. The van der Waals surface area contributed by atoms with Crippen molar-refractivity contribution in [1.82, 2.24) is 4.90 Å². The number of nitrogens with zero attached hydrogens (tertiary/aromatic N) is 1. The first-order valence-corrected chi connectivity index (χ1v) is 4.76. The molecule has 1 aliphatic heterocycles. The Morgan fingerprint density at radius 1 is 1.36 bits per heavy atom. The summed E-state index contributed by atoms with van der Waals surface area (Å²) in [5.41, 5.74) is 0. The zero-order valence-corrected chi connectivity index (χ0v) is 7.42. The minimum atomic E-state index is -0.155. The first kappa shape index (κ1) is 9.01. The van der Waals surface area contributed by atoms with Crippen LogP contribution < -0.4 is 0 Å². The lowest BCUT2D eigenvalue weighted by atomic mass is 10.2. The Kier molecular flexibility index (Phi) is 3.87. The highest BCUT2D eigenvalue weighted by Gasteiger charge is 2.18. The van der Waals surface area contributed by atoms with Crippen LogP contribution in [0.5, 0.6) is 0 Å². The van der Waals surface area contributed by atoms with E-state index in [1.165, 1.54) is 19.3 Å². The average molecular weight is 157 g/mol. The van der Waals surface area contributed by atoms with Crippen LogP contribution in [-0.4, -0.2) is 29.3 Å². The molecule has 0 aromatic heterocycles. The average Bonchev–Trinajstić information content (AvgIpc) is 2.52. The van der Waals surface area contributed by atoms with Crippen molar-refractivity contribution in [2.45, 2.75) is 45.3 Å². The third-order valence-corrected chi connectivity index (χ3v) is 2.38. The largest absolute Gasteiger partial charge is 0.378 e. The van der Waals surface area contributed by atoms with E-state index in [-0.39, 0.29) is 6.23 Å². The van der Waals surface area contributed by atoms with Crippen molar-refractivity contribution in [2.75, 3.05) is 13.1 Å². The number of aliphatic hydroxyl groups is 1. The predicted octanol–water partition coefficient (Wildman–Crippen LogP) is 1.59. The summed E-state index contributed by atoms with van der Waals surface area (Å²) in [6.07, 6.45) is 5.67. The molecular weight excluding hydrogens is 138 g/mol. The molecule has 1 rings (SSSR count). The van der Waals surface area contributed by atoms with Gasteiger partial charge >= 0.3 is 0 Å². The molecule has 0 spiro atoms. The molecule has 1 aliphatic rings. The van der Waals surface area contributed by atoms with Crippen molar-refractivity contribution >= 4 is 0 Å². The number of hydrogen-bond donors (Lipinski definition) is 1. The highest BCUT2D eigenvalue weighted by Crippen LogP contribution is 2.13. The molecule has 1 N–H and O–H groups in total. The molecule has 1 heterocycles. The second-order valence-corrected chi connectivity index (χ2v) is 3.37. The van der Waals surface area contributed by atoms with E-state index in [2.05, 4.69) is 11.8 Å². The molecule has 0 aliphatic carbocycles. The highest BCUT2D eigenvalue weighted by molar-refractivity contribution is 4.68. The Hall–Kier alpha value is -0.0800. The van der Waals surface area contributed by atoms with Crippen LogP contribution in [0.15, 0.2) is 0 Å². The molecule has 0 amide bonds. The quantitative estimate of drug-likeness (QED) is 0.670. The van der Waals surface area contributed by atoms with Crippen LogP contribution in [-0.2, 0) is 0 Å². The van der Waals surface area contributed by atoms with Crippen molar-refractivity contribution in [3.05, 3.63) is 0 Å². The van der Waals surface area contributed by atoms with Gasteiger partial charge in [-0.2, -0.15) is 0 Å². The fourth-order valence-corrected chi connectivity index (χ4v) is 1.61. The van der Waals surface area contributed by atoms with Crippen molar-refractivity contribution < 1.29 is 5.11 Å². The summed E-state index contributed by atoms with van der Waals surface area (Å²) >= 11 is 0. The number of unbranched alkanes of at least 4 members (excludes halogenated alkanes) is 1. The Balaban J connectivity index is 2.12. The van der Waals surface area contributed by atoms with Gasteiger partial charge in [-0.1, -0.05) is 13.3 Å². The summed E-state index contributed by atoms with van der Waals surface area (Å²) in [5.74, 6) is 0. The molecule has 2 heteroatoms. The summed E-state index contributed by atoms with van der Waals surface area (Å²) in [4.78, 5) is 2.19. The van der Waals surface area contributed by atoms with Crippen LogP contribution in [0.1, 0.15) is 39.0 Å². The summed E-state index contributed by atoms with van der Waals surface area (Å²) in [6, 6.07) is 0. The standard InChI is InChI=1S/C9H19NO/c1-2-3-6-9(11)10-7-4-5-8-10/h9,11H,2-8H2,1H3. The molecule has 1 atom stereocenters. The molecule has 1 fully saturated rings. The Labute approximate surface area is 69.2 Å². The summed E-state index contributed by atoms with van der Waals surface area (Å²) < 4.78 is 0. The van der Waals surface area contributed by atoms with Gasteiger partial charge in [0.1, 0.15) is 6.23 Å². The van der Waals surface area contributed by atoms with Gasteiger partial charge in [-0.3, -0.25) is 4.90 Å². The van der Waals surface area contributed by atoms with Crippen molar-refractivity contribution in [3.8, 4) is 0 Å². The van der Waals surface area contributed by atoms with Crippen LogP contribution in [0.25, 0.3) is 0 Å². The molecule has 0 aromatic carbocycles. The summed E-state index contributed by atoms with van der Waals surface area (Å²) in [5, 5.41) is 9.61. The van der Waals surface area contributed by atoms with E-state index >= 15 is 0 Å². The van der Waals surface area contributed by atoms with Gasteiger partial charge in [0.25, 0.3) is 0 Å². The van der Waals surface area contributed by atoms with Crippen LogP contribution in [0.2, 0.25) is 0 Å². The number of likely N-dealkylation sites (tertiary alicyclic amines) is 1. The number of aliphatic hydroxyl groups excluding tert-OH is 1. The first-order chi connectivity index (χ1) is 5.34. The molecule has 1 unspecified atom stereocenters. The van der Waals surface area contributed by atoms with Crippen LogP contribution in [0.4, 0.5) is 0 Å². The van der Waals surface area contributed by atoms with E-state index in [4.69, 9.17) is 0 Å². The minimum Gasteiger partial charge on any atom is -0.378 e. The lowest BCUT2D eigenvalue weighted by molar-refractivity contribution is 0.0125. The Morgan fingerprint density at radius 2 is 2.00 bits per heavy atom. The monoisotopic (exact) mass is 157 g/mol. The SMILES string of the molecule is CCCCC(O)N1CCCC1. The van der Waals surface area contributed by atoms with Crippen LogP contribution in [0, 0.1) is 0 Å². The van der Waals surface area contributed by atoms with Crippen molar-refractivity contribution in [1.29, 1.82) is 0 Å². The second-order valence-electron chi connectivity index (χ2n) is 3.37. The van der Waals surface area contributed by atoms with E-state index < -0.39 is 0 Å². The molecule has 11 heavy (non-hydrogen) atoms. The molecule has 66 valence electrons. The van der Waals surface area contributed by atoms with Crippen molar-refractivity contribution in [3.63, 3.8) is 0 Å². The van der Waals surface area contributed by atoms with E-state index in [9.17, 15) is 5.11 Å². The normalized spacial score (nSPS) is 22.4. The van der Waals surface area contributed by atoms with E-state index in [0.717, 1.165) is 25.9 Å². The van der Waals surface area contributed by atoms with Crippen LogP contribution in [0.3, 0.4) is 0 Å². The number of rotatable bonds is 4. The van der Waals surface area contributed by atoms with E-state index in [1.807, 2.05) is 0 Å². The van der Waals surface area contributed by atoms with E-state index in [1.54, 1.807) is 0 Å². The second kappa shape index (κ2) is 4.73. The minimum absolute atomic E-state index is 0.155. The van der Waals surface area contributed by atoms with Crippen molar-refractivity contribution in [2.24, 2.45) is 0 Å². The van der Waals surface area contributed by atoms with Gasteiger partial charge in [-0.15, -0.1) is 0 Å². The highest BCUT2D eigenvalue weighted by atomic mass is 16.3. The van der Waals surface area contributed by atoms with Gasteiger partial charge in [0.15, 0.2) is 0 Å². The summed E-state index contributed by atoms with van der Waals surface area (Å²) in [6.45, 7) is 4.37. The number of hydrogen-bond acceptors (Lipinski definition) is 2. The first-order valence-electron chi connectivity index (χ1n) is 4.76. The maximum absolute atomic E-state index is 9.61. The molecule has 0 radical (unpaired) electrons. The lowest BCUT2D eigenvalue weighted by Gasteiger charge is -2.21. The van der Waals surface area contributed by atoms with Gasteiger partial charge in [-0.25, -0.2) is 0 Å². The maximum Gasteiger partial charge on any atom is 0.107 e. The molecule has 1 saturated heterocycles. The fourth-order valence-electron chi connectivity index (χ4n) is 1.61. The Bertz CT molecular complexity index is 99.7. The predicted molar refractivity (Wildman–Crippen MR) is 46.3 cm³/mol. The van der Waals surface area contributed by atoms with Gasteiger partial charge in [0, 0.05) is 13.1 Å². The van der Waals surface area contributed by atoms with E-state index in [0.29, 0.717) is 0 Å². The zero-order valence-electron chi connectivity index (χ0n) is 7.42. The maximum atomic E-state index is 9.61. The summed E-state index contributed by atoms with van der Waals surface area (Å²) in [7, 11) is 0. The smallest absolute Gasteiger partial charge is 0.107 e. The fraction of sp³-hybridized carbons (Fsp3) is 1.00. The van der Waals surface area contributed by atoms with Gasteiger partial charge in [0.05, 0.1) is 0 Å². The molecule has 0 aromatic rings. The van der Waals surface area contributed by atoms with Gasteiger partial charge < -0.3 is 5.11 Å². The molecule has 2 nitrogen and oxygen atoms in total. The topological polar surface area (TPSA) is 23.5 Å². The lowest BCUT2D eigenvalue weighted by Crippen LogP contribution is -2.32.